The van der Waals surface area contributed by atoms with Gasteiger partial charge < -0.3 is 0 Å². The third-order valence-electron chi connectivity index (χ3n) is 5.73. The van der Waals surface area contributed by atoms with Crippen molar-refractivity contribution in [3.05, 3.63) is 101 Å². The molecule has 0 bridgehead atoms. The van der Waals surface area contributed by atoms with Crippen LogP contribution >= 0.6 is 0 Å². The van der Waals surface area contributed by atoms with Crippen LogP contribution in [0.3, 0.4) is 0 Å². The van der Waals surface area contributed by atoms with E-state index < -0.39 is 0 Å². The minimum absolute atomic E-state index is 0.0468. The minimum Gasteiger partial charge on any atom is -0.290 e. The van der Waals surface area contributed by atoms with Gasteiger partial charge in [-0.2, -0.15) is 0 Å². The maximum absolute atomic E-state index is 13.7. The van der Waals surface area contributed by atoms with E-state index >= 15 is 0 Å². The third-order valence-corrected chi connectivity index (χ3v) is 5.73. The van der Waals surface area contributed by atoms with Gasteiger partial charge >= 0.3 is 0 Å². The molecule has 134 valence electrons. The number of rotatable bonds is 2. The number of anilines is 1. The normalized spacial score (nSPS) is 21.8. The molecule has 3 heteroatoms. The Balaban J connectivity index is 1.69. The van der Waals surface area contributed by atoms with Gasteiger partial charge in [0.25, 0.3) is 5.91 Å². The molecule has 1 amide bonds. The maximum atomic E-state index is 13.7. The maximum Gasteiger partial charge on any atom is 0.250 e. The van der Waals surface area contributed by atoms with E-state index in [0.29, 0.717) is 0 Å². The quantitative estimate of drug-likeness (QED) is 0.669. The average Bonchev–Trinajstić information content (AvgIpc) is 3.01. The third kappa shape index (κ3) is 2.58. The first kappa shape index (κ1) is 16.3. The van der Waals surface area contributed by atoms with Gasteiger partial charge in [-0.25, -0.2) is 0 Å². The molecule has 2 aliphatic rings. The van der Waals surface area contributed by atoms with Crippen LogP contribution in [0.2, 0.25) is 0 Å². The van der Waals surface area contributed by atoms with Crippen LogP contribution in [0, 0.1) is 6.92 Å². The van der Waals surface area contributed by atoms with E-state index in [1.807, 2.05) is 35.2 Å². The van der Waals surface area contributed by atoms with Crippen molar-refractivity contribution in [2.24, 2.45) is 0 Å². The van der Waals surface area contributed by atoms with Crippen molar-refractivity contribution >= 4 is 11.6 Å². The number of hydrogen-bond donors (Lipinski definition) is 0. The Morgan fingerprint density at radius 3 is 2.48 bits per heavy atom. The molecule has 0 spiro atoms. The summed E-state index contributed by atoms with van der Waals surface area (Å²) in [7, 11) is 0. The van der Waals surface area contributed by atoms with Crippen molar-refractivity contribution in [1.29, 1.82) is 0 Å². The number of amides is 1. The number of carbonyl (C=O) groups is 1. The summed E-state index contributed by atoms with van der Waals surface area (Å²) in [6.45, 7) is 2.96. The second-order valence-electron chi connectivity index (χ2n) is 7.42. The molecule has 3 aromatic carbocycles. The fraction of sp³-hybridized carbons (Fsp3) is 0.208. The monoisotopic (exact) mass is 354 g/mol. The zero-order valence-electron chi connectivity index (χ0n) is 15.4. The van der Waals surface area contributed by atoms with Gasteiger partial charge in [-0.05, 0) is 47.7 Å². The van der Waals surface area contributed by atoms with E-state index in [-0.39, 0.29) is 18.1 Å². The highest BCUT2D eigenvalue weighted by Gasteiger charge is 2.49. The van der Waals surface area contributed by atoms with Gasteiger partial charge in [0.1, 0.15) is 12.2 Å². The SMILES string of the molecule is Cc1cccc(N2C(=O)[C@@H](c3ccccc3)N3CCc4ccccc4[C@H]23)c1. The summed E-state index contributed by atoms with van der Waals surface area (Å²) in [5.41, 5.74) is 5.81. The molecule has 0 radical (unpaired) electrons. The Morgan fingerprint density at radius 1 is 0.889 bits per heavy atom. The summed E-state index contributed by atoms with van der Waals surface area (Å²) in [6, 6.07) is 26.8. The Kier molecular flexibility index (Phi) is 3.83. The number of benzene rings is 3. The van der Waals surface area contributed by atoms with Gasteiger partial charge in [0, 0.05) is 12.2 Å². The lowest BCUT2D eigenvalue weighted by Gasteiger charge is -2.36. The Hall–Kier alpha value is -2.91. The van der Waals surface area contributed by atoms with Gasteiger partial charge in [0.15, 0.2) is 0 Å². The van der Waals surface area contributed by atoms with Crippen molar-refractivity contribution in [2.75, 3.05) is 11.4 Å². The number of aryl methyl sites for hydroxylation is 1. The smallest absolute Gasteiger partial charge is 0.250 e. The molecular formula is C24H22N2O. The van der Waals surface area contributed by atoms with E-state index in [1.54, 1.807) is 0 Å². The number of hydrogen-bond acceptors (Lipinski definition) is 2. The van der Waals surface area contributed by atoms with E-state index in [2.05, 4.69) is 60.4 Å². The fourth-order valence-corrected chi connectivity index (χ4v) is 4.53. The summed E-state index contributed by atoms with van der Waals surface area (Å²) in [5.74, 6) is 0.161. The molecule has 3 nitrogen and oxygen atoms in total. The molecule has 2 atom stereocenters. The van der Waals surface area contributed by atoms with Crippen molar-refractivity contribution in [1.82, 2.24) is 4.90 Å². The van der Waals surface area contributed by atoms with Crippen LogP contribution in [0.1, 0.15) is 34.5 Å². The van der Waals surface area contributed by atoms with E-state index in [0.717, 1.165) is 24.2 Å². The molecule has 0 unspecified atom stereocenters. The van der Waals surface area contributed by atoms with Crippen molar-refractivity contribution in [3.8, 4) is 0 Å². The number of nitrogens with zero attached hydrogens (tertiary/aromatic N) is 2. The first-order valence-electron chi connectivity index (χ1n) is 9.52. The van der Waals surface area contributed by atoms with Crippen molar-refractivity contribution in [3.63, 3.8) is 0 Å². The first-order valence-corrected chi connectivity index (χ1v) is 9.52. The average molecular weight is 354 g/mol. The van der Waals surface area contributed by atoms with Crippen molar-refractivity contribution < 1.29 is 4.79 Å². The topological polar surface area (TPSA) is 23.6 Å². The molecule has 0 N–H and O–H groups in total. The zero-order valence-corrected chi connectivity index (χ0v) is 15.4. The summed E-state index contributed by atoms with van der Waals surface area (Å²) in [5, 5.41) is 0. The van der Waals surface area contributed by atoms with Crippen LogP contribution in [-0.2, 0) is 11.2 Å². The molecule has 1 saturated heterocycles. The Labute approximate surface area is 159 Å². The molecule has 2 heterocycles. The molecule has 5 rings (SSSR count). The molecule has 2 aliphatic heterocycles. The van der Waals surface area contributed by atoms with Crippen LogP contribution in [0.5, 0.6) is 0 Å². The fourth-order valence-electron chi connectivity index (χ4n) is 4.53. The molecule has 1 fully saturated rings. The van der Waals surface area contributed by atoms with Gasteiger partial charge in [-0.15, -0.1) is 0 Å². The van der Waals surface area contributed by atoms with E-state index in [1.165, 1.54) is 16.7 Å². The lowest BCUT2D eigenvalue weighted by molar-refractivity contribution is -0.119. The number of carbonyl (C=O) groups excluding carboxylic acids is 1. The molecular weight excluding hydrogens is 332 g/mol. The second-order valence-corrected chi connectivity index (χ2v) is 7.42. The summed E-state index contributed by atoms with van der Waals surface area (Å²) >= 11 is 0. The summed E-state index contributed by atoms with van der Waals surface area (Å²) in [4.78, 5) is 18.0. The highest BCUT2D eigenvalue weighted by Crippen LogP contribution is 2.47. The Morgan fingerprint density at radius 2 is 1.67 bits per heavy atom. The van der Waals surface area contributed by atoms with E-state index in [9.17, 15) is 4.79 Å². The highest BCUT2D eigenvalue weighted by molar-refractivity contribution is 6.01. The lowest BCUT2D eigenvalue weighted by atomic mass is 9.95. The van der Waals surface area contributed by atoms with Gasteiger partial charge in [-0.3, -0.25) is 14.6 Å². The first-order chi connectivity index (χ1) is 13.2. The molecule has 0 aliphatic carbocycles. The van der Waals surface area contributed by atoms with Crippen LogP contribution < -0.4 is 4.90 Å². The van der Waals surface area contributed by atoms with Crippen molar-refractivity contribution in [2.45, 2.75) is 25.6 Å². The summed E-state index contributed by atoms with van der Waals surface area (Å²) in [6.07, 6.45) is 0.930. The molecule has 0 aromatic heterocycles. The van der Waals surface area contributed by atoms with Crippen LogP contribution in [-0.4, -0.2) is 17.4 Å². The minimum atomic E-state index is -0.231. The predicted molar refractivity (Wildman–Crippen MR) is 107 cm³/mol. The lowest BCUT2D eigenvalue weighted by Crippen LogP contribution is -2.37. The predicted octanol–water partition coefficient (Wildman–Crippen LogP) is 4.64. The molecule has 0 saturated carbocycles. The van der Waals surface area contributed by atoms with Gasteiger partial charge in [0.2, 0.25) is 0 Å². The molecule has 3 aromatic rings. The van der Waals surface area contributed by atoms with Crippen LogP contribution in [0.4, 0.5) is 5.69 Å². The Bertz CT molecular complexity index is 998. The second kappa shape index (κ2) is 6.36. The summed E-state index contributed by atoms with van der Waals surface area (Å²) < 4.78 is 0. The van der Waals surface area contributed by atoms with Crippen LogP contribution in [0.25, 0.3) is 0 Å². The largest absolute Gasteiger partial charge is 0.290 e. The number of fused-ring (bicyclic) bond motifs is 3. The zero-order chi connectivity index (χ0) is 18.4. The standard InChI is InChI=1S/C24H22N2O/c1-17-8-7-12-20(16-17)26-23-21-13-6-5-9-18(21)14-15-25(23)22(24(26)27)19-10-3-2-4-11-19/h2-13,16,22-23H,14-15H2,1H3/t22-,23+/m1/s1. The van der Waals surface area contributed by atoms with Crippen LogP contribution in [0.15, 0.2) is 78.9 Å². The highest BCUT2D eigenvalue weighted by atomic mass is 16.2. The van der Waals surface area contributed by atoms with Gasteiger partial charge in [0.05, 0.1) is 0 Å². The molecule has 27 heavy (non-hydrogen) atoms. The van der Waals surface area contributed by atoms with E-state index in [4.69, 9.17) is 0 Å². The van der Waals surface area contributed by atoms with Gasteiger partial charge in [-0.1, -0.05) is 66.7 Å².